The van der Waals surface area contributed by atoms with Gasteiger partial charge in [0.05, 0.1) is 18.3 Å². The van der Waals surface area contributed by atoms with Crippen molar-refractivity contribution in [3.05, 3.63) is 35.9 Å². The quantitative estimate of drug-likeness (QED) is 0.0337. The lowest BCUT2D eigenvalue weighted by atomic mass is 10.0. The van der Waals surface area contributed by atoms with Crippen molar-refractivity contribution in [1.82, 2.24) is 36.8 Å². The normalized spacial score (nSPS) is 17.9. The maximum absolute atomic E-state index is 14.1. The Morgan fingerprint density at radius 1 is 0.627 bits per heavy atom. The summed E-state index contributed by atoms with van der Waals surface area (Å²) in [5.74, 6) is -11.2. The van der Waals surface area contributed by atoms with Gasteiger partial charge in [-0.25, -0.2) is 4.79 Å². The van der Waals surface area contributed by atoms with E-state index in [-0.39, 0.29) is 38.8 Å². The zero-order chi connectivity index (χ0) is 50.5. The van der Waals surface area contributed by atoms with Crippen LogP contribution in [0.25, 0.3) is 0 Å². The van der Waals surface area contributed by atoms with Crippen LogP contribution in [0.5, 0.6) is 0 Å². The number of aliphatic hydroxyl groups is 3. The van der Waals surface area contributed by atoms with Crippen LogP contribution in [0.4, 0.5) is 0 Å². The molecule has 0 aliphatic carbocycles. The highest BCUT2D eigenvalue weighted by Gasteiger charge is 2.42. The fourth-order valence-corrected chi connectivity index (χ4v) is 6.95. The monoisotopic (exact) mass is 951 g/mol. The average Bonchev–Trinajstić information content (AvgIpc) is 3.76. The van der Waals surface area contributed by atoms with Crippen molar-refractivity contribution in [2.24, 2.45) is 11.5 Å². The number of unbranched alkanes of at least 4 members (excludes halogenated alkanes) is 1. The second-order valence-electron chi connectivity index (χ2n) is 16.3. The number of aliphatic carboxylic acids is 3. The van der Waals surface area contributed by atoms with Crippen molar-refractivity contribution < 1.29 is 78.6 Å². The second-order valence-corrected chi connectivity index (χ2v) is 16.3. The number of hydrogen-bond donors (Lipinski definition) is 14. The molecule has 1 aliphatic heterocycles. The molecule has 25 heteroatoms. The zero-order valence-electron chi connectivity index (χ0n) is 37.6. The summed E-state index contributed by atoms with van der Waals surface area (Å²) >= 11 is 0. The molecule has 2 rings (SSSR count). The third-order valence-electron chi connectivity index (χ3n) is 10.8. The van der Waals surface area contributed by atoms with E-state index in [2.05, 4.69) is 31.9 Å². The fourth-order valence-electron chi connectivity index (χ4n) is 6.95. The molecule has 1 aromatic rings. The van der Waals surface area contributed by atoms with Crippen LogP contribution in [0, 0.1) is 0 Å². The first-order chi connectivity index (χ1) is 31.5. The van der Waals surface area contributed by atoms with Crippen molar-refractivity contribution in [3.8, 4) is 0 Å². The Labute approximate surface area is 386 Å². The van der Waals surface area contributed by atoms with E-state index in [1.54, 1.807) is 30.3 Å². The number of nitrogens with zero attached hydrogens (tertiary/aromatic N) is 1. The minimum atomic E-state index is -1.80. The van der Waals surface area contributed by atoms with Gasteiger partial charge < -0.3 is 78.9 Å². The van der Waals surface area contributed by atoms with E-state index in [0.717, 1.165) is 11.8 Å². The van der Waals surface area contributed by atoms with Gasteiger partial charge >= 0.3 is 17.9 Å². The Hall–Kier alpha value is -6.28. The molecule has 0 spiro atoms. The number of carbonyl (C=O) groups is 10. The number of carboxylic acids is 3. The van der Waals surface area contributed by atoms with Crippen molar-refractivity contribution >= 4 is 59.3 Å². The molecule has 0 aromatic heterocycles. The fraction of sp³-hybridized carbons (Fsp3) is 0.619. The molecule has 0 saturated carbocycles. The summed E-state index contributed by atoms with van der Waals surface area (Å²) < 4.78 is 0. The third-order valence-corrected chi connectivity index (χ3v) is 10.8. The van der Waals surface area contributed by atoms with Gasteiger partial charge in [0.15, 0.2) is 0 Å². The lowest BCUT2D eigenvalue weighted by Gasteiger charge is -2.32. The van der Waals surface area contributed by atoms with Crippen LogP contribution in [0.3, 0.4) is 0 Å². The molecule has 0 bridgehead atoms. The molecule has 25 nitrogen and oxygen atoms in total. The molecule has 7 amide bonds. The van der Waals surface area contributed by atoms with Gasteiger partial charge in [0, 0.05) is 25.8 Å². The van der Waals surface area contributed by atoms with E-state index in [4.69, 9.17) is 11.5 Å². The van der Waals surface area contributed by atoms with Crippen LogP contribution in [0.15, 0.2) is 30.3 Å². The van der Waals surface area contributed by atoms with E-state index >= 15 is 0 Å². The molecule has 11 atom stereocenters. The van der Waals surface area contributed by atoms with E-state index in [1.165, 1.54) is 13.8 Å². The van der Waals surface area contributed by atoms with Crippen LogP contribution in [-0.4, -0.2) is 175 Å². The number of amides is 7. The largest absolute Gasteiger partial charge is 0.481 e. The van der Waals surface area contributed by atoms with Crippen LogP contribution < -0.4 is 43.4 Å². The number of likely N-dealkylation sites (tertiary alicyclic amines) is 1. The van der Waals surface area contributed by atoms with Gasteiger partial charge in [-0.1, -0.05) is 30.3 Å². The highest BCUT2D eigenvalue weighted by Crippen LogP contribution is 2.20. The SMILES string of the molecule is C[C@@H](O)[C@H](N)C(=O)N[C@@H](CCC(=O)O)C(=O)N[C@@H](Cc1ccccc1)C(=O)N[C@H](C(=O)N1CCC[C@H]1C(=O)N[C@H](C(=O)N[C@@H](CCC(=O)O)C(=O)N[C@@H](CCCCN)C(=O)O)[C@@H](C)O)[C@@H](C)O. The molecule has 67 heavy (non-hydrogen) atoms. The van der Waals surface area contributed by atoms with Gasteiger partial charge in [-0.3, -0.25) is 43.2 Å². The number of benzene rings is 1. The van der Waals surface area contributed by atoms with Crippen molar-refractivity contribution in [2.45, 2.75) is 152 Å². The van der Waals surface area contributed by atoms with Crippen LogP contribution >= 0.6 is 0 Å². The lowest BCUT2D eigenvalue weighted by Crippen LogP contribution is -2.62. The summed E-state index contributed by atoms with van der Waals surface area (Å²) in [6.45, 7) is 3.70. The van der Waals surface area contributed by atoms with Gasteiger partial charge in [0.25, 0.3) is 0 Å². The maximum atomic E-state index is 14.1. The van der Waals surface area contributed by atoms with E-state index < -0.39 is 152 Å². The molecule has 374 valence electrons. The molecule has 0 unspecified atom stereocenters. The van der Waals surface area contributed by atoms with Gasteiger partial charge in [0.1, 0.15) is 48.3 Å². The second kappa shape index (κ2) is 28.0. The first kappa shape index (κ1) is 56.8. The topological polar surface area (TPSA) is 420 Å². The molecule has 1 aliphatic rings. The molecule has 1 heterocycles. The predicted molar refractivity (Wildman–Crippen MR) is 234 cm³/mol. The Bertz CT molecular complexity index is 1890. The van der Waals surface area contributed by atoms with E-state index in [9.17, 15) is 78.6 Å². The van der Waals surface area contributed by atoms with Crippen LogP contribution in [0.2, 0.25) is 0 Å². The Balaban J connectivity index is 2.35. The number of hydrogen-bond acceptors (Lipinski definition) is 15. The van der Waals surface area contributed by atoms with Gasteiger partial charge in [0.2, 0.25) is 41.4 Å². The molecule has 16 N–H and O–H groups in total. The maximum Gasteiger partial charge on any atom is 0.326 e. The highest BCUT2D eigenvalue weighted by molar-refractivity contribution is 5.98. The molecule has 1 fully saturated rings. The first-order valence-corrected chi connectivity index (χ1v) is 21.8. The number of nitrogens with one attached hydrogen (secondary N) is 6. The van der Waals surface area contributed by atoms with E-state index in [1.807, 2.05) is 0 Å². The lowest BCUT2D eigenvalue weighted by molar-refractivity contribution is -0.145. The molecule has 1 saturated heterocycles. The molecular formula is C42H65N9O16. The van der Waals surface area contributed by atoms with Gasteiger partial charge in [-0.2, -0.15) is 0 Å². The third kappa shape index (κ3) is 18.9. The summed E-state index contributed by atoms with van der Waals surface area (Å²) in [4.78, 5) is 131. The Kier molecular flexibility index (Phi) is 23.8. The van der Waals surface area contributed by atoms with E-state index in [0.29, 0.717) is 18.4 Å². The van der Waals surface area contributed by atoms with Gasteiger partial charge in [-0.15, -0.1) is 0 Å². The number of carboxylic acid groups (broad SMARTS) is 3. The van der Waals surface area contributed by atoms with Crippen molar-refractivity contribution in [2.75, 3.05) is 13.1 Å². The van der Waals surface area contributed by atoms with Crippen LogP contribution in [0.1, 0.15) is 84.1 Å². The molecule has 1 aromatic carbocycles. The summed E-state index contributed by atoms with van der Waals surface area (Å²) in [5, 5.41) is 73.5. The number of aliphatic hydroxyl groups excluding tert-OH is 3. The Morgan fingerprint density at radius 3 is 1.63 bits per heavy atom. The highest BCUT2D eigenvalue weighted by atomic mass is 16.4. The minimum Gasteiger partial charge on any atom is -0.481 e. The molecule has 0 radical (unpaired) electrons. The molecular weight excluding hydrogens is 887 g/mol. The minimum absolute atomic E-state index is 0.00539. The predicted octanol–water partition coefficient (Wildman–Crippen LogP) is -4.46. The Morgan fingerprint density at radius 2 is 1.13 bits per heavy atom. The van der Waals surface area contributed by atoms with Crippen molar-refractivity contribution in [3.63, 3.8) is 0 Å². The van der Waals surface area contributed by atoms with Crippen molar-refractivity contribution in [1.29, 1.82) is 0 Å². The summed E-state index contributed by atoms with van der Waals surface area (Å²) in [7, 11) is 0. The number of carbonyl (C=O) groups excluding carboxylic acids is 7. The average molecular weight is 952 g/mol. The summed E-state index contributed by atoms with van der Waals surface area (Å²) in [5.41, 5.74) is 11.7. The van der Waals surface area contributed by atoms with Crippen LogP contribution in [-0.2, 0) is 54.4 Å². The number of nitrogens with two attached hydrogens (primary N) is 2. The smallest absolute Gasteiger partial charge is 0.326 e. The zero-order valence-corrected chi connectivity index (χ0v) is 37.6. The first-order valence-electron chi connectivity index (χ1n) is 21.8. The summed E-state index contributed by atoms with van der Waals surface area (Å²) in [6, 6.07) is -4.29. The van der Waals surface area contributed by atoms with Gasteiger partial charge in [-0.05, 0) is 77.8 Å². The summed E-state index contributed by atoms with van der Waals surface area (Å²) in [6.07, 6.45) is -6.03. The number of rotatable bonds is 29. The standard InChI is InChI=1S/C42H65N9O16/c1-21(52)32(44)39(63)45-25(14-16-30(55)56)36(60)48-28(20-24-10-5-4-6-11-24)37(61)50-34(23(3)54)41(65)51-19-9-13-29(51)38(62)49-33(22(2)53)40(64)46-26(15-17-31(57)58)35(59)47-27(42(66)67)12-7-8-18-43/h4-6,10-11,21-23,25-29,32-34,52-54H,7-9,12-20,43-44H2,1-3H3,(H,45,63)(H,46,64)(H,47,59)(H,48,60)(H,49,62)(H,50,61)(H,55,56)(H,57,58)(H,66,67)/t21-,22-,23-,25+,26+,27+,28+,29+,32+,33+,34+/m1/s1.